The fraction of sp³-hybridized carbons (Fsp3) is 0.219. The van der Waals surface area contributed by atoms with Crippen molar-refractivity contribution in [1.82, 2.24) is 20.1 Å². The number of halogens is 3. The van der Waals surface area contributed by atoms with Gasteiger partial charge in [0.05, 0.1) is 17.1 Å². The Hall–Kier alpha value is -4.91. The van der Waals surface area contributed by atoms with E-state index in [9.17, 15) is 22.8 Å². The minimum absolute atomic E-state index is 0.110. The molecule has 0 atom stereocenters. The standard InChI is InChI=1S/C32H27F3N6O3S/c1-2-20-6-3-4-9-27(20)41-28(42)18-45-31(41)38-30(43)37-26-8-5-7-25(26)21-10-12-22(13-11-21)29-36-19-40(39-29)23-14-16-24(17-15-23)44-32(33,34)35/h3-4,6,9-17,19H,2,5,7-8,18H2,1H3,(H,37,43)/b38-31-. The van der Waals surface area contributed by atoms with Gasteiger partial charge in [0.1, 0.15) is 12.1 Å². The first-order valence-electron chi connectivity index (χ1n) is 14.2. The number of thioether (sulfide) groups is 1. The molecule has 0 radical (unpaired) electrons. The molecule has 2 aliphatic rings. The van der Waals surface area contributed by atoms with Gasteiger partial charge in [0, 0.05) is 11.3 Å². The summed E-state index contributed by atoms with van der Waals surface area (Å²) in [6, 6.07) is 20.1. The van der Waals surface area contributed by atoms with Gasteiger partial charge in [0.25, 0.3) is 0 Å². The number of carbonyl (C=O) groups excluding carboxylic acids is 2. The minimum atomic E-state index is -4.76. The van der Waals surface area contributed by atoms with E-state index in [4.69, 9.17) is 0 Å². The number of urea groups is 1. The van der Waals surface area contributed by atoms with Crippen LogP contribution in [-0.4, -0.2) is 44.0 Å². The summed E-state index contributed by atoms with van der Waals surface area (Å²) in [6.07, 6.45) is -0.171. The first kappa shape index (κ1) is 30.1. The highest BCUT2D eigenvalue weighted by Crippen LogP contribution is 2.34. The second-order valence-electron chi connectivity index (χ2n) is 10.3. The molecule has 230 valence electrons. The average Bonchev–Trinajstić information content (AvgIpc) is 3.78. The molecule has 1 fully saturated rings. The van der Waals surface area contributed by atoms with E-state index >= 15 is 0 Å². The van der Waals surface area contributed by atoms with E-state index in [1.807, 2.05) is 55.5 Å². The largest absolute Gasteiger partial charge is 0.573 e. The van der Waals surface area contributed by atoms with Crippen LogP contribution in [0, 0.1) is 0 Å². The number of allylic oxidation sites excluding steroid dienone is 2. The molecule has 1 aliphatic heterocycles. The number of ether oxygens (including phenoxy) is 1. The summed E-state index contributed by atoms with van der Waals surface area (Å²) < 4.78 is 42.7. The monoisotopic (exact) mass is 632 g/mol. The Kier molecular flexibility index (Phi) is 8.44. The molecular weight excluding hydrogens is 605 g/mol. The number of amides is 3. The predicted molar refractivity (Wildman–Crippen MR) is 166 cm³/mol. The van der Waals surface area contributed by atoms with E-state index in [1.54, 1.807) is 0 Å². The first-order chi connectivity index (χ1) is 21.7. The highest BCUT2D eigenvalue weighted by atomic mass is 32.2. The van der Waals surface area contributed by atoms with Crippen LogP contribution in [0.25, 0.3) is 22.6 Å². The molecule has 1 aliphatic carbocycles. The topological polar surface area (TPSA) is 102 Å². The van der Waals surface area contributed by atoms with Crippen LogP contribution in [-0.2, 0) is 11.2 Å². The number of hydrogen-bond donors (Lipinski definition) is 1. The van der Waals surface area contributed by atoms with Crippen LogP contribution in [0.4, 0.5) is 23.7 Å². The lowest BCUT2D eigenvalue weighted by Gasteiger charge is -2.19. The Bertz CT molecular complexity index is 1800. The third-order valence-corrected chi connectivity index (χ3v) is 8.29. The Morgan fingerprint density at radius 3 is 2.49 bits per heavy atom. The number of benzene rings is 3. The van der Waals surface area contributed by atoms with Crippen LogP contribution < -0.4 is 15.0 Å². The lowest BCUT2D eigenvalue weighted by molar-refractivity contribution is -0.274. The second-order valence-corrected chi connectivity index (χ2v) is 11.2. The molecule has 13 heteroatoms. The van der Waals surface area contributed by atoms with Crippen molar-refractivity contribution >= 4 is 40.1 Å². The van der Waals surface area contributed by atoms with Gasteiger partial charge in [-0.15, -0.1) is 18.3 Å². The minimum Gasteiger partial charge on any atom is -0.406 e. The SMILES string of the molecule is CCc1ccccc1N1C(=O)CS/C1=N\C(=O)NC1=C(c2ccc(-c3ncn(-c4ccc(OC(F)(F)F)cc4)n3)cc2)CCC1. The van der Waals surface area contributed by atoms with Crippen molar-refractivity contribution in [3.63, 3.8) is 0 Å². The molecular formula is C32H27F3N6O3S. The molecule has 0 spiro atoms. The number of amidine groups is 1. The van der Waals surface area contributed by atoms with Gasteiger partial charge in [0.2, 0.25) is 5.91 Å². The molecule has 4 aromatic rings. The van der Waals surface area contributed by atoms with Crippen LogP contribution in [0.2, 0.25) is 0 Å². The third kappa shape index (κ3) is 6.78. The van der Waals surface area contributed by atoms with E-state index < -0.39 is 12.4 Å². The van der Waals surface area contributed by atoms with Crippen molar-refractivity contribution in [2.75, 3.05) is 10.7 Å². The van der Waals surface area contributed by atoms with Gasteiger partial charge in [-0.05, 0) is 72.7 Å². The zero-order chi connectivity index (χ0) is 31.6. The highest BCUT2D eigenvalue weighted by molar-refractivity contribution is 8.15. The fourth-order valence-electron chi connectivity index (χ4n) is 5.29. The molecule has 3 aromatic carbocycles. The van der Waals surface area contributed by atoms with E-state index in [2.05, 4.69) is 25.1 Å². The Morgan fingerprint density at radius 2 is 1.76 bits per heavy atom. The fourth-order valence-corrected chi connectivity index (χ4v) is 6.15. The van der Waals surface area contributed by atoms with Gasteiger partial charge in [0.15, 0.2) is 11.0 Å². The summed E-state index contributed by atoms with van der Waals surface area (Å²) in [4.78, 5) is 35.9. The van der Waals surface area contributed by atoms with Gasteiger partial charge in [-0.1, -0.05) is 61.2 Å². The normalized spacial score (nSPS) is 16.1. The van der Waals surface area contributed by atoms with E-state index in [0.29, 0.717) is 23.1 Å². The molecule has 0 bridgehead atoms. The van der Waals surface area contributed by atoms with Crippen molar-refractivity contribution in [3.8, 4) is 22.8 Å². The van der Waals surface area contributed by atoms with E-state index in [1.165, 1.54) is 51.9 Å². The quantitative estimate of drug-likeness (QED) is 0.233. The number of carbonyl (C=O) groups is 2. The smallest absolute Gasteiger partial charge is 0.406 e. The summed E-state index contributed by atoms with van der Waals surface area (Å²) >= 11 is 1.25. The summed E-state index contributed by atoms with van der Waals surface area (Å²) in [5.74, 6) is 0.236. The number of aryl methyl sites for hydroxylation is 1. The number of alkyl halides is 3. The number of nitrogens with one attached hydrogen (secondary N) is 1. The summed E-state index contributed by atoms with van der Waals surface area (Å²) in [6.45, 7) is 2.02. The maximum Gasteiger partial charge on any atom is 0.573 e. The maximum atomic E-state index is 13.0. The lowest BCUT2D eigenvalue weighted by atomic mass is 10.0. The summed E-state index contributed by atoms with van der Waals surface area (Å²) in [5, 5.41) is 7.78. The van der Waals surface area contributed by atoms with Gasteiger partial charge >= 0.3 is 12.4 Å². The lowest BCUT2D eigenvalue weighted by Crippen LogP contribution is -2.32. The highest BCUT2D eigenvalue weighted by Gasteiger charge is 2.32. The number of rotatable bonds is 7. The van der Waals surface area contributed by atoms with Crippen molar-refractivity contribution in [1.29, 1.82) is 0 Å². The summed E-state index contributed by atoms with van der Waals surface area (Å²) in [5.41, 5.74) is 5.78. The number of aromatic nitrogens is 3. The van der Waals surface area contributed by atoms with Crippen LogP contribution in [0.5, 0.6) is 5.75 Å². The molecule has 0 saturated carbocycles. The molecule has 9 nitrogen and oxygen atoms in total. The van der Waals surface area contributed by atoms with Crippen molar-refractivity contribution < 1.29 is 27.5 Å². The van der Waals surface area contributed by atoms with E-state index in [-0.39, 0.29) is 17.4 Å². The zero-order valence-electron chi connectivity index (χ0n) is 24.0. The Labute approximate surface area is 260 Å². The molecule has 45 heavy (non-hydrogen) atoms. The number of nitrogens with zero attached hydrogens (tertiary/aromatic N) is 5. The molecule has 6 rings (SSSR count). The van der Waals surface area contributed by atoms with Crippen molar-refractivity contribution in [2.24, 2.45) is 4.99 Å². The molecule has 1 aromatic heterocycles. The molecule has 3 amide bonds. The molecule has 1 saturated heterocycles. The predicted octanol–water partition coefficient (Wildman–Crippen LogP) is 7.14. The van der Waals surface area contributed by atoms with Crippen LogP contribution in [0.15, 0.2) is 89.8 Å². The summed E-state index contributed by atoms with van der Waals surface area (Å²) in [7, 11) is 0. The van der Waals surface area contributed by atoms with Crippen molar-refractivity contribution in [2.45, 2.75) is 39.0 Å². The zero-order valence-corrected chi connectivity index (χ0v) is 24.9. The Balaban J connectivity index is 1.16. The molecule has 1 N–H and O–H groups in total. The number of hydrogen-bond acceptors (Lipinski definition) is 6. The maximum absolute atomic E-state index is 13.0. The van der Waals surface area contributed by atoms with Gasteiger partial charge < -0.3 is 10.1 Å². The molecule has 0 unspecified atom stereocenters. The van der Waals surface area contributed by atoms with Gasteiger partial charge in [-0.3, -0.25) is 9.69 Å². The Morgan fingerprint density at radius 1 is 1.02 bits per heavy atom. The van der Waals surface area contributed by atoms with Gasteiger partial charge in [-0.2, -0.15) is 4.99 Å². The van der Waals surface area contributed by atoms with Crippen LogP contribution in [0.3, 0.4) is 0 Å². The van der Waals surface area contributed by atoms with E-state index in [0.717, 1.165) is 52.9 Å². The van der Waals surface area contributed by atoms with Crippen molar-refractivity contribution in [3.05, 3.63) is 95.9 Å². The number of para-hydroxylation sites is 1. The third-order valence-electron chi connectivity index (χ3n) is 7.37. The molecule has 2 heterocycles. The van der Waals surface area contributed by atoms with Gasteiger partial charge in [-0.25, -0.2) is 14.5 Å². The average molecular weight is 633 g/mol. The second kappa shape index (κ2) is 12.6. The number of anilines is 1. The number of aliphatic imine (C=N–C) groups is 1. The van der Waals surface area contributed by atoms with Crippen LogP contribution in [0.1, 0.15) is 37.3 Å². The van der Waals surface area contributed by atoms with Crippen LogP contribution >= 0.6 is 11.8 Å². The first-order valence-corrected chi connectivity index (χ1v) is 15.2.